The van der Waals surface area contributed by atoms with Crippen LogP contribution < -0.4 is 14.8 Å². The molecular formula is C24H26N4O4. The number of rotatable bonds is 5. The van der Waals surface area contributed by atoms with Crippen LogP contribution >= 0.6 is 0 Å². The van der Waals surface area contributed by atoms with Gasteiger partial charge in [0.15, 0.2) is 11.5 Å². The third-order valence-corrected chi connectivity index (χ3v) is 6.03. The van der Waals surface area contributed by atoms with Gasteiger partial charge in [0.25, 0.3) is 5.91 Å². The first kappa shape index (κ1) is 20.5. The Morgan fingerprint density at radius 3 is 2.78 bits per heavy atom. The molecule has 0 unspecified atom stereocenters. The van der Waals surface area contributed by atoms with Gasteiger partial charge in [-0.15, -0.1) is 0 Å². The second-order valence-corrected chi connectivity index (χ2v) is 8.41. The first-order chi connectivity index (χ1) is 15.6. The Morgan fingerprint density at radius 1 is 1.16 bits per heavy atom. The van der Waals surface area contributed by atoms with Crippen molar-refractivity contribution in [2.24, 2.45) is 7.05 Å². The highest BCUT2D eigenvalue weighted by Gasteiger charge is 2.28. The van der Waals surface area contributed by atoms with E-state index in [1.54, 1.807) is 4.68 Å². The lowest BCUT2D eigenvalue weighted by molar-refractivity contribution is 0.0714. The van der Waals surface area contributed by atoms with Crippen LogP contribution in [0, 0.1) is 0 Å². The van der Waals surface area contributed by atoms with Crippen LogP contribution in [0.5, 0.6) is 11.5 Å². The zero-order valence-electron chi connectivity index (χ0n) is 18.0. The molecule has 3 heterocycles. The van der Waals surface area contributed by atoms with Crippen LogP contribution in [0.2, 0.25) is 0 Å². The summed E-state index contributed by atoms with van der Waals surface area (Å²) in [7, 11) is 1.88. The summed E-state index contributed by atoms with van der Waals surface area (Å²) in [6.45, 7) is 0.0887. The van der Waals surface area contributed by atoms with E-state index in [0.717, 1.165) is 41.8 Å². The van der Waals surface area contributed by atoms with E-state index in [0.29, 0.717) is 29.9 Å². The summed E-state index contributed by atoms with van der Waals surface area (Å²) >= 11 is 0. The lowest BCUT2D eigenvalue weighted by Crippen LogP contribution is -2.45. The van der Waals surface area contributed by atoms with Crippen molar-refractivity contribution in [3.63, 3.8) is 0 Å². The Hall–Kier alpha value is -3.39. The summed E-state index contributed by atoms with van der Waals surface area (Å²) in [5.41, 5.74) is 4.01. The summed E-state index contributed by atoms with van der Waals surface area (Å²) in [5.74, 6) is 0.776. The minimum absolute atomic E-state index is 0.0887. The van der Waals surface area contributed by atoms with Crippen molar-refractivity contribution in [3.8, 4) is 22.9 Å². The number of ether oxygens (including phenoxy) is 2. The molecule has 3 aromatic rings. The average molecular weight is 434 g/mol. The molecular weight excluding hydrogens is 408 g/mol. The summed E-state index contributed by atoms with van der Waals surface area (Å²) in [4.78, 5) is 17.6. The molecule has 8 heteroatoms. The lowest BCUT2D eigenvalue weighted by Gasteiger charge is -2.28. The highest BCUT2D eigenvalue weighted by Crippen LogP contribution is 2.37. The fraction of sp³-hybridized carbons (Fsp3) is 0.375. The van der Waals surface area contributed by atoms with E-state index in [4.69, 9.17) is 9.47 Å². The molecule has 1 amide bonds. The van der Waals surface area contributed by atoms with Crippen molar-refractivity contribution in [2.75, 3.05) is 6.79 Å². The zero-order valence-corrected chi connectivity index (χ0v) is 18.0. The number of aliphatic hydroxyl groups is 1. The van der Waals surface area contributed by atoms with Gasteiger partial charge in [0.05, 0.1) is 23.4 Å². The number of carbonyl (C=O) groups excluding carboxylic acids is 1. The smallest absolute Gasteiger partial charge is 0.255 e. The van der Waals surface area contributed by atoms with Crippen molar-refractivity contribution >= 4 is 5.91 Å². The normalized spacial score (nSPS) is 19.7. The number of amides is 1. The molecule has 1 fully saturated rings. The summed E-state index contributed by atoms with van der Waals surface area (Å²) in [6.07, 6.45) is 7.28. The predicted octanol–water partition coefficient (Wildman–Crippen LogP) is 2.83. The minimum atomic E-state index is -0.509. The number of pyridine rings is 1. The number of hydrogen-bond donors (Lipinski definition) is 2. The zero-order chi connectivity index (χ0) is 22.1. The third kappa shape index (κ3) is 4.18. The van der Waals surface area contributed by atoms with Gasteiger partial charge in [-0.1, -0.05) is 18.9 Å². The Labute approximate surface area is 186 Å². The number of aliphatic hydroxyl groups excluding tert-OH is 1. The van der Waals surface area contributed by atoms with E-state index in [1.165, 1.54) is 0 Å². The van der Waals surface area contributed by atoms with E-state index in [2.05, 4.69) is 15.4 Å². The molecule has 1 aromatic carbocycles. The van der Waals surface area contributed by atoms with Crippen molar-refractivity contribution in [2.45, 2.75) is 44.2 Å². The van der Waals surface area contributed by atoms with Crippen molar-refractivity contribution < 1.29 is 19.4 Å². The van der Waals surface area contributed by atoms with Gasteiger partial charge in [0.2, 0.25) is 6.79 Å². The summed E-state index contributed by atoms with van der Waals surface area (Å²) in [6, 6.07) is 9.39. The van der Waals surface area contributed by atoms with E-state index >= 15 is 0 Å². The van der Waals surface area contributed by atoms with Gasteiger partial charge in [-0.05, 0) is 54.7 Å². The van der Waals surface area contributed by atoms with Crippen LogP contribution in [-0.2, 0) is 13.5 Å². The minimum Gasteiger partial charge on any atom is -0.454 e. The Kier molecular flexibility index (Phi) is 5.53. The molecule has 2 aromatic heterocycles. The lowest BCUT2D eigenvalue weighted by atomic mass is 9.92. The fourth-order valence-electron chi connectivity index (χ4n) is 4.33. The van der Waals surface area contributed by atoms with Gasteiger partial charge < -0.3 is 19.9 Å². The molecule has 32 heavy (non-hydrogen) atoms. The molecule has 1 aliphatic carbocycles. The number of nitrogens with one attached hydrogen (secondary N) is 1. The van der Waals surface area contributed by atoms with Gasteiger partial charge in [-0.2, -0.15) is 5.10 Å². The van der Waals surface area contributed by atoms with Gasteiger partial charge in [-0.3, -0.25) is 14.5 Å². The molecule has 2 N–H and O–H groups in total. The molecule has 0 spiro atoms. The third-order valence-electron chi connectivity index (χ3n) is 6.03. The van der Waals surface area contributed by atoms with Gasteiger partial charge in [0, 0.05) is 19.4 Å². The number of fused-ring (bicyclic) bond motifs is 1. The number of carbonyl (C=O) groups is 1. The number of nitrogens with zero attached hydrogens (tertiary/aromatic N) is 3. The molecule has 0 saturated heterocycles. The van der Waals surface area contributed by atoms with Crippen molar-refractivity contribution in [3.05, 3.63) is 59.4 Å². The van der Waals surface area contributed by atoms with Gasteiger partial charge in [-0.25, -0.2) is 0 Å². The first-order valence-electron chi connectivity index (χ1n) is 10.9. The quantitative estimate of drug-likeness (QED) is 0.641. The van der Waals surface area contributed by atoms with Crippen LogP contribution in [0.25, 0.3) is 11.4 Å². The highest BCUT2D eigenvalue weighted by atomic mass is 16.7. The molecule has 0 radical (unpaired) electrons. The fourth-order valence-corrected chi connectivity index (χ4v) is 4.33. The summed E-state index contributed by atoms with van der Waals surface area (Å²) in [5, 5.41) is 17.6. The van der Waals surface area contributed by atoms with Crippen molar-refractivity contribution in [1.82, 2.24) is 20.1 Å². The van der Waals surface area contributed by atoms with E-state index in [1.807, 2.05) is 49.8 Å². The van der Waals surface area contributed by atoms with Crippen LogP contribution in [0.15, 0.2) is 42.7 Å². The monoisotopic (exact) mass is 434 g/mol. The predicted molar refractivity (Wildman–Crippen MR) is 118 cm³/mol. The highest BCUT2D eigenvalue weighted by molar-refractivity contribution is 5.98. The van der Waals surface area contributed by atoms with Gasteiger partial charge >= 0.3 is 0 Å². The Morgan fingerprint density at radius 2 is 2.03 bits per heavy atom. The second-order valence-electron chi connectivity index (χ2n) is 8.41. The van der Waals surface area contributed by atoms with Crippen LogP contribution in [-0.4, -0.2) is 44.7 Å². The molecule has 5 rings (SSSR count). The molecule has 166 valence electrons. The Balaban J connectivity index is 1.36. The first-order valence-corrected chi connectivity index (χ1v) is 10.9. The average Bonchev–Trinajstić information content (AvgIpc) is 3.44. The van der Waals surface area contributed by atoms with Gasteiger partial charge in [0.1, 0.15) is 5.69 Å². The van der Waals surface area contributed by atoms with Crippen LogP contribution in [0.3, 0.4) is 0 Å². The number of hydrogen-bond acceptors (Lipinski definition) is 6. The summed E-state index contributed by atoms with van der Waals surface area (Å²) < 4.78 is 12.9. The molecule has 2 atom stereocenters. The Bertz CT molecular complexity index is 1130. The maximum atomic E-state index is 13.0. The molecule has 0 bridgehead atoms. The largest absolute Gasteiger partial charge is 0.454 e. The maximum absolute atomic E-state index is 13.0. The number of benzene rings is 1. The standard InChI is InChI=1S/C24H26N4O4/c1-28-9-8-19(27-28)18-7-6-15(13-25-18)10-16-11-17(23-22(12-16)31-14-32-23)24(30)26-20-4-2-3-5-21(20)29/h6-9,11-13,20-21,29H,2-5,10,14H2,1H3,(H,26,30)/t20-,21-/m0/s1. The number of aryl methyl sites for hydroxylation is 1. The van der Waals surface area contributed by atoms with Crippen LogP contribution in [0.4, 0.5) is 0 Å². The van der Waals surface area contributed by atoms with E-state index < -0.39 is 6.10 Å². The topological polar surface area (TPSA) is 98.5 Å². The molecule has 1 aliphatic heterocycles. The van der Waals surface area contributed by atoms with Crippen LogP contribution in [0.1, 0.15) is 47.2 Å². The molecule has 8 nitrogen and oxygen atoms in total. The van der Waals surface area contributed by atoms with Crippen molar-refractivity contribution in [1.29, 1.82) is 0 Å². The van der Waals surface area contributed by atoms with E-state index in [-0.39, 0.29) is 18.7 Å². The van der Waals surface area contributed by atoms with E-state index in [9.17, 15) is 9.90 Å². The SMILES string of the molecule is Cn1ccc(-c2ccc(Cc3cc4c(c(C(=O)N[C@H]5CCCC[C@@H]5O)c3)OCO4)cn2)n1. The second kappa shape index (κ2) is 8.63. The number of aromatic nitrogens is 3. The molecule has 2 aliphatic rings. The molecule has 1 saturated carbocycles. The maximum Gasteiger partial charge on any atom is 0.255 e.